The zero-order valence-electron chi connectivity index (χ0n) is 18.6. The first kappa shape index (κ1) is 22.6. The van der Waals surface area contributed by atoms with E-state index in [1.165, 1.54) is 24.3 Å². The molecule has 2 heterocycles. The van der Waals surface area contributed by atoms with E-state index in [0.29, 0.717) is 46.7 Å². The lowest BCUT2D eigenvalue weighted by molar-refractivity contribution is 0.0250. The Morgan fingerprint density at radius 2 is 1.74 bits per heavy atom. The first-order chi connectivity index (χ1) is 17.0. The molecule has 1 aliphatic rings. The largest absolute Gasteiger partial charge is 0.369 e. The van der Waals surface area contributed by atoms with E-state index in [2.05, 4.69) is 25.9 Å². The summed E-state index contributed by atoms with van der Waals surface area (Å²) in [7, 11) is 0. The first-order valence-electron chi connectivity index (χ1n) is 11.1. The summed E-state index contributed by atoms with van der Waals surface area (Å²) in [4.78, 5) is 34.5. The lowest BCUT2D eigenvalue weighted by atomic mass is 10.0. The van der Waals surface area contributed by atoms with Gasteiger partial charge in [-0.05, 0) is 54.6 Å². The summed E-state index contributed by atoms with van der Waals surface area (Å²) in [5.74, 6) is -0.599. The second kappa shape index (κ2) is 9.96. The molecule has 9 heteroatoms. The molecule has 35 heavy (non-hydrogen) atoms. The molecule has 5 rings (SSSR count). The number of hydrogen-bond acceptors (Lipinski definition) is 6. The maximum absolute atomic E-state index is 13.1. The zero-order valence-corrected chi connectivity index (χ0v) is 18.6. The van der Waals surface area contributed by atoms with E-state index in [0.717, 1.165) is 12.2 Å². The van der Waals surface area contributed by atoms with E-state index in [1.54, 1.807) is 48.7 Å². The predicted molar refractivity (Wildman–Crippen MR) is 130 cm³/mol. The van der Waals surface area contributed by atoms with Crippen molar-refractivity contribution in [2.75, 3.05) is 30.3 Å². The smallest absolute Gasteiger partial charge is 0.323 e. The molecule has 1 atom stereocenters. The standard InChI is InChI=1S/C26H22FN5O3/c27-18-5-7-19(8-6-18)30-26(34)31-20-3-1-2-16(12-20)25(33)17-4-9-21-22(13-17)29-14-23(32-21)24-15-28-10-11-35-24/h1-9,12-14,24,28H,10-11,15H2,(H2,30,31,34). The van der Waals surface area contributed by atoms with Crippen molar-refractivity contribution in [1.82, 2.24) is 15.3 Å². The topological polar surface area (TPSA) is 105 Å². The quantitative estimate of drug-likeness (QED) is 0.375. The van der Waals surface area contributed by atoms with Crippen LogP contribution < -0.4 is 16.0 Å². The molecular formula is C26H22FN5O3. The van der Waals surface area contributed by atoms with Gasteiger partial charge >= 0.3 is 6.03 Å². The summed E-state index contributed by atoms with van der Waals surface area (Å²) >= 11 is 0. The van der Waals surface area contributed by atoms with Gasteiger partial charge in [-0.1, -0.05) is 12.1 Å². The Balaban J connectivity index is 1.30. The molecule has 2 amide bonds. The van der Waals surface area contributed by atoms with E-state index in [4.69, 9.17) is 4.74 Å². The Hall–Kier alpha value is -4.21. The van der Waals surface area contributed by atoms with Gasteiger partial charge in [-0.25, -0.2) is 14.2 Å². The summed E-state index contributed by atoms with van der Waals surface area (Å²) in [5, 5.41) is 8.57. The van der Waals surface area contributed by atoms with E-state index in [1.807, 2.05) is 0 Å². The Kier molecular flexibility index (Phi) is 6.42. The van der Waals surface area contributed by atoms with Crippen LogP contribution in [0.2, 0.25) is 0 Å². The number of benzene rings is 3. The van der Waals surface area contributed by atoms with Crippen LogP contribution in [-0.4, -0.2) is 41.5 Å². The highest BCUT2D eigenvalue weighted by molar-refractivity contribution is 6.11. The molecule has 3 aromatic carbocycles. The van der Waals surface area contributed by atoms with Gasteiger partial charge in [-0.2, -0.15) is 0 Å². The number of ether oxygens (including phenoxy) is 1. The average molecular weight is 471 g/mol. The summed E-state index contributed by atoms with van der Waals surface area (Å²) in [6.07, 6.45) is 1.54. The Morgan fingerprint density at radius 3 is 2.54 bits per heavy atom. The van der Waals surface area contributed by atoms with Gasteiger partial charge in [-0.15, -0.1) is 0 Å². The molecule has 1 aliphatic heterocycles. The molecule has 1 aromatic heterocycles. The number of carbonyl (C=O) groups excluding carboxylic acids is 2. The van der Waals surface area contributed by atoms with Crippen LogP contribution in [0.15, 0.2) is 72.9 Å². The molecule has 1 unspecified atom stereocenters. The SMILES string of the molecule is O=C(Nc1ccc(F)cc1)Nc1cccc(C(=O)c2ccc3nc(C4CNCCO4)cnc3c2)c1. The normalized spacial score (nSPS) is 15.5. The van der Waals surface area contributed by atoms with Crippen LogP contribution in [0, 0.1) is 5.82 Å². The van der Waals surface area contributed by atoms with Crippen LogP contribution in [0.3, 0.4) is 0 Å². The zero-order chi connectivity index (χ0) is 24.2. The maximum Gasteiger partial charge on any atom is 0.323 e. The minimum absolute atomic E-state index is 0.141. The monoisotopic (exact) mass is 471 g/mol. The minimum atomic E-state index is -0.505. The number of rotatable bonds is 5. The third-order valence-corrected chi connectivity index (χ3v) is 5.57. The van der Waals surface area contributed by atoms with Gasteiger partial charge < -0.3 is 20.7 Å². The number of ketones is 1. The van der Waals surface area contributed by atoms with Gasteiger partial charge in [0.2, 0.25) is 0 Å². The summed E-state index contributed by atoms with van der Waals surface area (Å²) in [5.41, 5.74) is 3.81. The number of hydrogen-bond donors (Lipinski definition) is 3. The number of fused-ring (bicyclic) bond motifs is 1. The number of carbonyl (C=O) groups is 2. The number of halogens is 1. The van der Waals surface area contributed by atoms with E-state index in [-0.39, 0.29) is 11.9 Å². The molecule has 8 nitrogen and oxygen atoms in total. The first-order valence-corrected chi connectivity index (χ1v) is 11.1. The Bertz CT molecular complexity index is 1390. The molecule has 4 aromatic rings. The maximum atomic E-state index is 13.1. The average Bonchev–Trinajstić information content (AvgIpc) is 2.89. The van der Waals surface area contributed by atoms with Crippen molar-refractivity contribution in [3.05, 3.63) is 95.6 Å². The van der Waals surface area contributed by atoms with Gasteiger partial charge in [0, 0.05) is 35.6 Å². The Morgan fingerprint density at radius 1 is 0.943 bits per heavy atom. The lowest BCUT2D eigenvalue weighted by Gasteiger charge is -2.22. The van der Waals surface area contributed by atoms with Crippen LogP contribution in [-0.2, 0) is 4.74 Å². The van der Waals surface area contributed by atoms with Crippen LogP contribution >= 0.6 is 0 Å². The van der Waals surface area contributed by atoms with Crippen molar-refractivity contribution in [1.29, 1.82) is 0 Å². The van der Waals surface area contributed by atoms with Gasteiger partial charge in [0.05, 0.1) is 29.5 Å². The second-order valence-corrected chi connectivity index (χ2v) is 8.06. The molecule has 1 fully saturated rings. The fourth-order valence-corrected chi connectivity index (χ4v) is 3.81. The summed E-state index contributed by atoms with van der Waals surface area (Å²) in [6, 6.07) is 16.7. The molecule has 0 bridgehead atoms. The van der Waals surface area contributed by atoms with E-state index < -0.39 is 11.8 Å². The molecule has 0 saturated carbocycles. The van der Waals surface area contributed by atoms with Crippen molar-refractivity contribution in [2.45, 2.75) is 6.10 Å². The molecule has 1 saturated heterocycles. The molecule has 176 valence electrons. The van der Waals surface area contributed by atoms with Crippen LogP contribution in [0.5, 0.6) is 0 Å². The number of urea groups is 1. The fourth-order valence-electron chi connectivity index (χ4n) is 3.81. The van der Waals surface area contributed by atoms with Crippen molar-refractivity contribution >= 4 is 34.2 Å². The number of nitrogens with zero attached hydrogens (tertiary/aromatic N) is 2. The van der Waals surface area contributed by atoms with E-state index in [9.17, 15) is 14.0 Å². The molecule has 0 spiro atoms. The summed E-state index contributed by atoms with van der Waals surface area (Å²) < 4.78 is 18.8. The highest BCUT2D eigenvalue weighted by atomic mass is 19.1. The van der Waals surface area contributed by atoms with Crippen molar-refractivity contribution in [3.8, 4) is 0 Å². The number of amides is 2. The van der Waals surface area contributed by atoms with Crippen molar-refractivity contribution < 1.29 is 18.7 Å². The number of nitrogens with one attached hydrogen (secondary N) is 3. The molecular weight excluding hydrogens is 449 g/mol. The second-order valence-electron chi connectivity index (χ2n) is 8.06. The number of aromatic nitrogens is 2. The van der Waals surface area contributed by atoms with Crippen LogP contribution in [0.1, 0.15) is 27.7 Å². The van der Waals surface area contributed by atoms with Gasteiger partial charge in [0.15, 0.2) is 5.78 Å². The van der Waals surface area contributed by atoms with Gasteiger partial charge in [0.25, 0.3) is 0 Å². The van der Waals surface area contributed by atoms with Gasteiger partial charge in [-0.3, -0.25) is 9.78 Å². The fraction of sp³-hybridized carbons (Fsp3) is 0.154. The van der Waals surface area contributed by atoms with Crippen LogP contribution in [0.4, 0.5) is 20.6 Å². The Labute approximate surface area is 200 Å². The van der Waals surface area contributed by atoms with Crippen molar-refractivity contribution in [3.63, 3.8) is 0 Å². The summed E-state index contributed by atoms with van der Waals surface area (Å²) in [6.45, 7) is 2.13. The number of morpholine rings is 1. The molecule has 0 aliphatic carbocycles. The minimum Gasteiger partial charge on any atom is -0.369 e. The molecule has 0 radical (unpaired) electrons. The highest BCUT2D eigenvalue weighted by Gasteiger charge is 2.18. The molecule has 3 N–H and O–H groups in total. The van der Waals surface area contributed by atoms with Crippen LogP contribution in [0.25, 0.3) is 11.0 Å². The third kappa shape index (κ3) is 5.32. The predicted octanol–water partition coefficient (Wildman–Crippen LogP) is 4.30. The van der Waals surface area contributed by atoms with E-state index >= 15 is 0 Å². The number of anilines is 2. The van der Waals surface area contributed by atoms with Gasteiger partial charge in [0.1, 0.15) is 11.9 Å². The lowest BCUT2D eigenvalue weighted by Crippen LogP contribution is -2.33. The third-order valence-electron chi connectivity index (χ3n) is 5.57. The highest BCUT2D eigenvalue weighted by Crippen LogP contribution is 2.21. The van der Waals surface area contributed by atoms with Crippen molar-refractivity contribution in [2.24, 2.45) is 0 Å².